The molecular weight excluding hydrogens is 296 g/mol. The molecule has 1 aromatic heterocycles. The summed E-state index contributed by atoms with van der Waals surface area (Å²) >= 11 is 0. The van der Waals surface area contributed by atoms with Gasteiger partial charge < -0.3 is 19.9 Å². The number of nitrogens with one attached hydrogen (secondary N) is 1. The van der Waals surface area contributed by atoms with Crippen LogP contribution in [0.3, 0.4) is 0 Å². The van der Waals surface area contributed by atoms with Gasteiger partial charge in [0.05, 0.1) is 7.11 Å². The van der Waals surface area contributed by atoms with Crippen molar-refractivity contribution < 1.29 is 9.53 Å². The molecular formula is C15H26N6O2. The van der Waals surface area contributed by atoms with Crippen molar-refractivity contribution in [3.05, 3.63) is 0 Å². The van der Waals surface area contributed by atoms with Gasteiger partial charge in [-0.2, -0.15) is 15.0 Å². The van der Waals surface area contributed by atoms with Gasteiger partial charge in [0.25, 0.3) is 0 Å². The summed E-state index contributed by atoms with van der Waals surface area (Å²) in [6, 6.07) is -0.166. The number of rotatable bonds is 5. The van der Waals surface area contributed by atoms with E-state index < -0.39 is 6.04 Å². The number of aromatic nitrogens is 3. The molecule has 8 heteroatoms. The average Bonchev–Trinajstić information content (AvgIpc) is 2.82. The highest BCUT2D eigenvalue weighted by atomic mass is 16.5. The molecule has 1 aliphatic heterocycles. The van der Waals surface area contributed by atoms with E-state index in [-0.39, 0.29) is 11.9 Å². The number of methoxy groups -OCH3 is 1. The molecule has 0 unspecified atom stereocenters. The number of hydrogen-bond donors (Lipinski definition) is 1. The second-order valence-corrected chi connectivity index (χ2v) is 5.95. The van der Waals surface area contributed by atoms with Gasteiger partial charge in [0, 0.05) is 27.2 Å². The van der Waals surface area contributed by atoms with Crippen LogP contribution < -0.4 is 15.0 Å². The molecule has 0 saturated carbocycles. The van der Waals surface area contributed by atoms with Crippen LogP contribution in [0.1, 0.15) is 32.6 Å². The van der Waals surface area contributed by atoms with Crippen molar-refractivity contribution in [2.24, 2.45) is 0 Å². The lowest BCUT2D eigenvalue weighted by molar-refractivity contribution is -0.129. The third kappa shape index (κ3) is 4.67. The molecule has 1 saturated heterocycles. The molecule has 1 aromatic rings. The first-order valence-electron chi connectivity index (χ1n) is 8.04. The molecule has 2 rings (SSSR count). The predicted molar refractivity (Wildman–Crippen MR) is 88.8 cm³/mol. The SMILES string of the molecule is COc1nc(N[C@@H](C)C(=O)N(C)C)nc(N2CCCCCC2)n1. The van der Waals surface area contributed by atoms with Crippen molar-refractivity contribution in [2.75, 3.05) is 44.5 Å². The normalized spacial score (nSPS) is 16.4. The summed E-state index contributed by atoms with van der Waals surface area (Å²) in [4.78, 5) is 28.7. The molecule has 1 N–H and O–H groups in total. The molecule has 2 heterocycles. The van der Waals surface area contributed by atoms with E-state index in [0.29, 0.717) is 11.9 Å². The molecule has 23 heavy (non-hydrogen) atoms. The van der Waals surface area contributed by atoms with E-state index in [9.17, 15) is 4.79 Å². The van der Waals surface area contributed by atoms with E-state index in [1.165, 1.54) is 24.9 Å². The maximum absolute atomic E-state index is 12.0. The van der Waals surface area contributed by atoms with Gasteiger partial charge in [-0.25, -0.2) is 0 Å². The minimum atomic E-state index is -0.422. The topological polar surface area (TPSA) is 83.5 Å². The Morgan fingerprint density at radius 3 is 2.39 bits per heavy atom. The van der Waals surface area contributed by atoms with Crippen LogP contribution in [0.5, 0.6) is 6.01 Å². The van der Waals surface area contributed by atoms with Gasteiger partial charge in [-0.1, -0.05) is 12.8 Å². The van der Waals surface area contributed by atoms with Crippen molar-refractivity contribution in [3.8, 4) is 6.01 Å². The highest BCUT2D eigenvalue weighted by Crippen LogP contribution is 2.19. The summed E-state index contributed by atoms with van der Waals surface area (Å²) < 4.78 is 5.18. The summed E-state index contributed by atoms with van der Waals surface area (Å²) in [5.41, 5.74) is 0. The standard InChI is InChI=1S/C15H26N6O2/c1-11(12(22)20(2)3)16-13-17-14(19-15(18-13)23-4)21-9-7-5-6-8-10-21/h11H,5-10H2,1-4H3,(H,16,17,18,19)/t11-/m0/s1. The first-order valence-corrected chi connectivity index (χ1v) is 8.04. The minimum absolute atomic E-state index is 0.0410. The number of hydrogen-bond acceptors (Lipinski definition) is 7. The second-order valence-electron chi connectivity index (χ2n) is 5.95. The summed E-state index contributed by atoms with van der Waals surface area (Å²) in [5, 5.41) is 3.03. The number of nitrogens with zero attached hydrogens (tertiary/aromatic N) is 5. The van der Waals surface area contributed by atoms with Crippen molar-refractivity contribution in [2.45, 2.75) is 38.6 Å². The first kappa shape index (κ1) is 17.2. The number of likely N-dealkylation sites (N-methyl/N-ethyl adjacent to an activating group) is 1. The molecule has 0 bridgehead atoms. The van der Waals surface area contributed by atoms with Gasteiger partial charge in [0.2, 0.25) is 17.8 Å². The Morgan fingerprint density at radius 1 is 1.17 bits per heavy atom. The molecule has 1 fully saturated rings. The number of amides is 1. The van der Waals surface area contributed by atoms with Crippen LogP contribution in [0.25, 0.3) is 0 Å². The largest absolute Gasteiger partial charge is 0.467 e. The zero-order valence-corrected chi connectivity index (χ0v) is 14.4. The van der Waals surface area contributed by atoms with Crippen LogP contribution in [0, 0.1) is 0 Å². The van der Waals surface area contributed by atoms with E-state index in [2.05, 4.69) is 25.2 Å². The third-order valence-corrected chi connectivity index (χ3v) is 3.83. The number of anilines is 2. The maximum Gasteiger partial charge on any atom is 0.322 e. The van der Waals surface area contributed by atoms with Gasteiger partial charge in [-0.3, -0.25) is 4.79 Å². The smallest absolute Gasteiger partial charge is 0.322 e. The van der Waals surface area contributed by atoms with E-state index in [4.69, 9.17) is 4.74 Å². The van der Waals surface area contributed by atoms with E-state index in [0.717, 1.165) is 25.9 Å². The fourth-order valence-electron chi connectivity index (χ4n) is 2.56. The Bertz CT molecular complexity index is 529. The quantitative estimate of drug-likeness (QED) is 0.870. The Morgan fingerprint density at radius 2 is 1.83 bits per heavy atom. The molecule has 128 valence electrons. The molecule has 1 aliphatic rings. The Hall–Kier alpha value is -2.12. The predicted octanol–water partition coefficient (Wildman–Crippen LogP) is 1.15. The Labute approximate surface area is 137 Å². The van der Waals surface area contributed by atoms with Gasteiger partial charge in [0.1, 0.15) is 6.04 Å². The van der Waals surface area contributed by atoms with Gasteiger partial charge in [-0.05, 0) is 19.8 Å². The van der Waals surface area contributed by atoms with Crippen LogP contribution in [-0.2, 0) is 4.79 Å². The molecule has 0 aromatic carbocycles. The van der Waals surface area contributed by atoms with Gasteiger partial charge in [-0.15, -0.1) is 0 Å². The van der Waals surface area contributed by atoms with Crippen LogP contribution in [-0.4, -0.2) is 66.1 Å². The van der Waals surface area contributed by atoms with Crippen molar-refractivity contribution >= 4 is 17.8 Å². The number of carbonyl (C=O) groups is 1. The first-order chi connectivity index (χ1) is 11.0. The van der Waals surface area contributed by atoms with Gasteiger partial charge in [0.15, 0.2) is 0 Å². The monoisotopic (exact) mass is 322 g/mol. The number of ether oxygens (including phenoxy) is 1. The lowest BCUT2D eigenvalue weighted by Gasteiger charge is -2.22. The van der Waals surface area contributed by atoms with Gasteiger partial charge >= 0.3 is 6.01 Å². The lowest BCUT2D eigenvalue weighted by atomic mass is 10.2. The fourth-order valence-corrected chi connectivity index (χ4v) is 2.56. The Balaban J connectivity index is 2.19. The summed E-state index contributed by atoms with van der Waals surface area (Å²) in [6.45, 7) is 3.64. The summed E-state index contributed by atoms with van der Waals surface area (Å²) in [5.74, 6) is 0.922. The fraction of sp³-hybridized carbons (Fsp3) is 0.733. The van der Waals surface area contributed by atoms with E-state index in [1.807, 2.05) is 0 Å². The van der Waals surface area contributed by atoms with Crippen molar-refractivity contribution in [1.82, 2.24) is 19.9 Å². The highest BCUT2D eigenvalue weighted by molar-refractivity contribution is 5.83. The zero-order chi connectivity index (χ0) is 16.8. The molecule has 8 nitrogen and oxygen atoms in total. The van der Waals surface area contributed by atoms with Crippen LogP contribution in [0.4, 0.5) is 11.9 Å². The zero-order valence-electron chi connectivity index (χ0n) is 14.4. The highest BCUT2D eigenvalue weighted by Gasteiger charge is 2.19. The number of carbonyl (C=O) groups excluding carboxylic acids is 1. The van der Waals surface area contributed by atoms with Crippen LogP contribution in [0.2, 0.25) is 0 Å². The average molecular weight is 322 g/mol. The van der Waals surface area contributed by atoms with Crippen molar-refractivity contribution in [1.29, 1.82) is 0 Å². The van der Waals surface area contributed by atoms with Crippen LogP contribution >= 0.6 is 0 Å². The lowest BCUT2D eigenvalue weighted by Crippen LogP contribution is -2.37. The molecule has 1 atom stereocenters. The second kappa shape index (κ2) is 7.94. The van der Waals surface area contributed by atoms with E-state index >= 15 is 0 Å². The van der Waals surface area contributed by atoms with Crippen molar-refractivity contribution in [3.63, 3.8) is 0 Å². The summed E-state index contributed by atoms with van der Waals surface area (Å²) in [7, 11) is 4.97. The molecule has 0 radical (unpaired) electrons. The molecule has 0 aliphatic carbocycles. The minimum Gasteiger partial charge on any atom is -0.467 e. The summed E-state index contributed by atoms with van der Waals surface area (Å²) in [6.07, 6.45) is 4.73. The van der Waals surface area contributed by atoms with Crippen LogP contribution in [0.15, 0.2) is 0 Å². The molecule has 0 spiro atoms. The molecule has 1 amide bonds. The Kier molecular flexibility index (Phi) is 5.95. The third-order valence-electron chi connectivity index (χ3n) is 3.83. The maximum atomic E-state index is 12.0. The van der Waals surface area contributed by atoms with E-state index in [1.54, 1.807) is 21.0 Å².